The van der Waals surface area contributed by atoms with E-state index in [1.54, 1.807) is 12.4 Å². The number of rotatable bonds is 6. The molecule has 172 valence electrons. The van der Waals surface area contributed by atoms with Gasteiger partial charge in [0.2, 0.25) is 5.91 Å². The van der Waals surface area contributed by atoms with Crippen LogP contribution in [0.3, 0.4) is 0 Å². The molecule has 8 heteroatoms. The molecule has 0 bridgehead atoms. The van der Waals surface area contributed by atoms with Crippen molar-refractivity contribution in [1.29, 1.82) is 0 Å². The number of hydrogen-bond donors (Lipinski definition) is 1. The predicted molar refractivity (Wildman–Crippen MR) is 126 cm³/mol. The van der Waals surface area contributed by atoms with Crippen molar-refractivity contribution in [2.24, 2.45) is 0 Å². The van der Waals surface area contributed by atoms with Crippen molar-refractivity contribution in [3.8, 4) is 0 Å². The number of carbonyl (C=O) groups is 2. The van der Waals surface area contributed by atoms with E-state index >= 15 is 0 Å². The molecule has 0 saturated carbocycles. The second-order valence-electron chi connectivity index (χ2n) is 8.79. The minimum Gasteiger partial charge on any atom is -0.340 e. The van der Waals surface area contributed by atoms with Crippen molar-refractivity contribution in [2.75, 3.05) is 18.4 Å². The van der Waals surface area contributed by atoms with E-state index in [4.69, 9.17) is 0 Å². The first kappa shape index (κ1) is 22.6. The number of para-hydroxylation sites is 1. The Morgan fingerprint density at radius 3 is 2.70 bits per heavy atom. The van der Waals surface area contributed by atoms with E-state index in [1.165, 1.54) is 0 Å². The van der Waals surface area contributed by atoms with Gasteiger partial charge in [-0.05, 0) is 31.9 Å². The zero-order chi connectivity index (χ0) is 23.4. The summed E-state index contributed by atoms with van der Waals surface area (Å²) in [6, 6.07) is 9.31. The first-order chi connectivity index (χ1) is 15.9. The van der Waals surface area contributed by atoms with Crippen molar-refractivity contribution < 1.29 is 9.59 Å². The number of aromatic nitrogens is 4. The van der Waals surface area contributed by atoms with Crippen LogP contribution in [-0.4, -0.2) is 49.3 Å². The number of amides is 2. The second-order valence-corrected chi connectivity index (χ2v) is 8.79. The van der Waals surface area contributed by atoms with E-state index in [0.29, 0.717) is 30.2 Å². The third kappa shape index (κ3) is 5.27. The van der Waals surface area contributed by atoms with Gasteiger partial charge in [-0.2, -0.15) is 0 Å². The third-order valence-corrected chi connectivity index (χ3v) is 5.98. The van der Waals surface area contributed by atoms with E-state index in [-0.39, 0.29) is 23.7 Å². The van der Waals surface area contributed by atoms with Crippen LogP contribution in [0.5, 0.6) is 0 Å². The number of piperidine rings is 1. The van der Waals surface area contributed by atoms with Gasteiger partial charge in [0.05, 0.1) is 11.3 Å². The number of benzene rings is 1. The lowest BCUT2D eigenvalue weighted by atomic mass is 9.96. The standard InChI is InChI=1S/C25H30N6O2/c1-17(2)24-26-11-13-31(24)16-22(32)30-12-7-8-19(15-30)23-27-14-21(18(3)28-23)25(33)29-20-9-5-4-6-10-20/h4-6,9-11,13-14,17,19H,7-8,12,15-16H2,1-3H3,(H,29,33). The number of likely N-dealkylation sites (tertiary alicyclic amines) is 1. The number of hydrogen-bond acceptors (Lipinski definition) is 5. The molecule has 1 atom stereocenters. The molecule has 0 radical (unpaired) electrons. The van der Waals surface area contributed by atoms with Gasteiger partial charge in [-0.15, -0.1) is 0 Å². The largest absolute Gasteiger partial charge is 0.340 e. The Morgan fingerprint density at radius 1 is 1.18 bits per heavy atom. The fraction of sp³-hybridized carbons (Fsp3) is 0.400. The predicted octanol–water partition coefficient (Wildman–Crippen LogP) is 3.76. The first-order valence-electron chi connectivity index (χ1n) is 11.4. The summed E-state index contributed by atoms with van der Waals surface area (Å²) in [5.41, 5.74) is 1.82. The average Bonchev–Trinajstić information content (AvgIpc) is 3.28. The Kier molecular flexibility index (Phi) is 6.82. The number of nitrogens with one attached hydrogen (secondary N) is 1. The maximum atomic E-state index is 13.0. The van der Waals surface area contributed by atoms with Gasteiger partial charge in [0.1, 0.15) is 18.2 Å². The van der Waals surface area contributed by atoms with E-state index in [2.05, 4.69) is 34.1 Å². The molecule has 8 nitrogen and oxygen atoms in total. The fourth-order valence-electron chi connectivity index (χ4n) is 4.24. The van der Waals surface area contributed by atoms with Gasteiger partial charge in [0.25, 0.3) is 5.91 Å². The van der Waals surface area contributed by atoms with E-state index in [9.17, 15) is 9.59 Å². The van der Waals surface area contributed by atoms with E-state index in [0.717, 1.165) is 30.9 Å². The summed E-state index contributed by atoms with van der Waals surface area (Å²) >= 11 is 0. The van der Waals surface area contributed by atoms with Crippen molar-refractivity contribution in [3.63, 3.8) is 0 Å². The quantitative estimate of drug-likeness (QED) is 0.622. The summed E-state index contributed by atoms with van der Waals surface area (Å²) in [5, 5.41) is 2.87. The Morgan fingerprint density at radius 2 is 1.97 bits per heavy atom. The minimum absolute atomic E-state index is 0.0555. The highest BCUT2D eigenvalue weighted by Gasteiger charge is 2.27. The molecule has 1 aliphatic rings. The summed E-state index contributed by atoms with van der Waals surface area (Å²) in [4.78, 5) is 41.0. The normalized spacial score (nSPS) is 16.1. The Hall–Kier alpha value is -3.55. The molecule has 0 spiro atoms. The van der Waals surface area contributed by atoms with Crippen LogP contribution in [-0.2, 0) is 11.3 Å². The molecule has 2 aromatic heterocycles. The average molecular weight is 447 g/mol. The number of carbonyl (C=O) groups excluding carboxylic acids is 2. The zero-order valence-corrected chi connectivity index (χ0v) is 19.4. The molecule has 1 unspecified atom stereocenters. The fourth-order valence-corrected chi connectivity index (χ4v) is 4.24. The highest BCUT2D eigenvalue weighted by Crippen LogP contribution is 2.25. The highest BCUT2D eigenvalue weighted by atomic mass is 16.2. The summed E-state index contributed by atoms with van der Waals surface area (Å²) in [6.45, 7) is 7.58. The third-order valence-electron chi connectivity index (χ3n) is 5.98. The lowest BCUT2D eigenvalue weighted by molar-refractivity contribution is -0.133. The maximum absolute atomic E-state index is 13.0. The lowest BCUT2D eigenvalue weighted by Gasteiger charge is -2.32. The van der Waals surface area contributed by atoms with Gasteiger partial charge in [0, 0.05) is 49.2 Å². The molecule has 3 aromatic rings. The molecule has 33 heavy (non-hydrogen) atoms. The van der Waals surface area contributed by atoms with Crippen LogP contribution in [0, 0.1) is 6.92 Å². The summed E-state index contributed by atoms with van der Waals surface area (Å²) < 4.78 is 1.93. The Bertz CT molecular complexity index is 1120. The molecule has 1 aromatic carbocycles. The van der Waals surface area contributed by atoms with Crippen molar-refractivity contribution in [2.45, 2.75) is 52.0 Å². The molecule has 4 rings (SSSR count). The Balaban J connectivity index is 1.42. The lowest BCUT2D eigenvalue weighted by Crippen LogP contribution is -2.41. The molecular weight excluding hydrogens is 416 g/mol. The molecule has 2 amide bonds. The van der Waals surface area contributed by atoms with Crippen molar-refractivity contribution in [3.05, 3.63) is 71.8 Å². The van der Waals surface area contributed by atoms with Crippen LogP contribution in [0.15, 0.2) is 48.9 Å². The van der Waals surface area contributed by atoms with Crippen LogP contribution < -0.4 is 5.32 Å². The smallest absolute Gasteiger partial charge is 0.259 e. The highest BCUT2D eigenvalue weighted by molar-refractivity contribution is 6.04. The number of nitrogens with zero attached hydrogens (tertiary/aromatic N) is 5. The number of imidazole rings is 1. The number of aryl methyl sites for hydroxylation is 1. The van der Waals surface area contributed by atoms with E-state index < -0.39 is 0 Å². The molecule has 1 N–H and O–H groups in total. The van der Waals surface area contributed by atoms with Gasteiger partial charge in [0.15, 0.2) is 0 Å². The van der Waals surface area contributed by atoms with E-state index in [1.807, 2.05) is 52.9 Å². The van der Waals surface area contributed by atoms with Gasteiger partial charge >= 0.3 is 0 Å². The summed E-state index contributed by atoms with van der Waals surface area (Å²) in [6.07, 6.45) is 7.02. The molecule has 3 heterocycles. The monoisotopic (exact) mass is 446 g/mol. The molecule has 0 aliphatic carbocycles. The van der Waals surface area contributed by atoms with Crippen LogP contribution in [0.25, 0.3) is 0 Å². The molecule has 1 fully saturated rings. The maximum Gasteiger partial charge on any atom is 0.259 e. The van der Waals surface area contributed by atoms with Gasteiger partial charge < -0.3 is 14.8 Å². The van der Waals surface area contributed by atoms with Gasteiger partial charge in [-0.1, -0.05) is 32.0 Å². The zero-order valence-electron chi connectivity index (χ0n) is 19.4. The topological polar surface area (TPSA) is 93.0 Å². The van der Waals surface area contributed by atoms with Gasteiger partial charge in [-0.25, -0.2) is 15.0 Å². The SMILES string of the molecule is Cc1nc(C2CCCN(C(=O)Cn3ccnc3C(C)C)C2)ncc1C(=O)Nc1ccccc1. The van der Waals surface area contributed by atoms with Crippen LogP contribution in [0.2, 0.25) is 0 Å². The molecule has 1 saturated heterocycles. The van der Waals surface area contributed by atoms with Crippen molar-refractivity contribution in [1.82, 2.24) is 24.4 Å². The van der Waals surface area contributed by atoms with Crippen LogP contribution in [0.1, 0.15) is 66.2 Å². The first-order valence-corrected chi connectivity index (χ1v) is 11.4. The molecular formula is C25H30N6O2. The minimum atomic E-state index is -0.230. The van der Waals surface area contributed by atoms with Gasteiger partial charge in [-0.3, -0.25) is 9.59 Å². The van der Waals surface area contributed by atoms with Crippen LogP contribution >= 0.6 is 0 Å². The summed E-state index contributed by atoms with van der Waals surface area (Å²) in [7, 11) is 0. The number of anilines is 1. The second kappa shape index (κ2) is 9.94. The van der Waals surface area contributed by atoms with Crippen LogP contribution in [0.4, 0.5) is 5.69 Å². The van der Waals surface area contributed by atoms with Crippen molar-refractivity contribution >= 4 is 17.5 Å². The Labute approximate surface area is 194 Å². The summed E-state index contributed by atoms with van der Waals surface area (Å²) in [5.74, 6) is 1.77. The molecule has 1 aliphatic heterocycles.